The fraction of sp³-hybridized carbons (Fsp3) is 1.00. The average Bonchev–Trinajstić information content (AvgIpc) is 1.96. The molecule has 1 aliphatic rings. The second kappa shape index (κ2) is 3.04. The smallest absolute Gasteiger partial charge is 0.157 e. The molecule has 1 fully saturated rings. The van der Waals surface area contributed by atoms with Gasteiger partial charge in [0.05, 0.1) is 12.2 Å². The van der Waals surface area contributed by atoms with Crippen LogP contribution >= 0.6 is 0 Å². The van der Waals surface area contributed by atoms with Crippen molar-refractivity contribution in [2.75, 3.05) is 6.61 Å². The summed E-state index contributed by atoms with van der Waals surface area (Å²) in [6.45, 7) is -0.347. The highest BCUT2D eigenvalue weighted by atomic mass is 16.5. The number of aliphatic hydroxyl groups is 5. The van der Waals surface area contributed by atoms with Crippen molar-refractivity contribution in [1.82, 2.24) is 0 Å². The first-order valence-electron chi connectivity index (χ1n) is 3.42. The second-order valence-corrected chi connectivity index (χ2v) is 2.82. The van der Waals surface area contributed by atoms with Crippen molar-refractivity contribution < 1.29 is 25.5 Å². The first-order chi connectivity index (χ1) is 5.09. The van der Waals surface area contributed by atoms with Crippen molar-refractivity contribution in [3.05, 3.63) is 0 Å². The van der Waals surface area contributed by atoms with E-state index in [1.807, 2.05) is 0 Å². The van der Waals surface area contributed by atoms with Gasteiger partial charge in [0, 0.05) is 18.4 Å². The molecule has 4 atom stereocenters. The maximum Gasteiger partial charge on any atom is 0.157 e. The van der Waals surface area contributed by atoms with Gasteiger partial charge in [0.25, 0.3) is 0 Å². The summed E-state index contributed by atoms with van der Waals surface area (Å²) in [6, 6.07) is 0. The van der Waals surface area contributed by atoms with Crippen molar-refractivity contribution in [2.24, 2.45) is 11.8 Å². The van der Waals surface area contributed by atoms with Crippen LogP contribution in [0.15, 0.2) is 0 Å². The molecule has 1 aliphatic carbocycles. The lowest BCUT2D eigenvalue weighted by molar-refractivity contribution is -0.243. The molecule has 0 aromatic heterocycles. The molecule has 11 heavy (non-hydrogen) atoms. The minimum Gasteiger partial charge on any atom is -0.396 e. The highest BCUT2D eigenvalue weighted by molar-refractivity contribution is 4.98. The number of rotatable bonds is 2. The Morgan fingerprint density at radius 2 is 1.64 bits per heavy atom. The van der Waals surface area contributed by atoms with Crippen LogP contribution in [0.1, 0.15) is 0 Å². The standard InChI is InChI=1S/C6H12O5/c7-1-2-3(6(10)11)5(9)4(2)8/h2-11H,1H2/t2-,3?,4-,5?/m1/s1. The van der Waals surface area contributed by atoms with E-state index in [9.17, 15) is 0 Å². The van der Waals surface area contributed by atoms with Crippen molar-refractivity contribution in [2.45, 2.75) is 18.5 Å². The van der Waals surface area contributed by atoms with Gasteiger partial charge in [0.2, 0.25) is 0 Å². The zero-order valence-electron chi connectivity index (χ0n) is 5.83. The maximum absolute atomic E-state index is 8.97. The molecule has 0 spiro atoms. The van der Waals surface area contributed by atoms with E-state index in [0.29, 0.717) is 0 Å². The molecule has 0 aromatic carbocycles. The number of hydrogen-bond acceptors (Lipinski definition) is 5. The second-order valence-electron chi connectivity index (χ2n) is 2.82. The van der Waals surface area contributed by atoms with Gasteiger partial charge >= 0.3 is 0 Å². The molecule has 0 aliphatic heterocycles. The van der Waals surface area contributed by atoms with Crippen LogP contribution < -0.4 is 0 Å². The van der Waals surface area contributed by atoms with Crippen molar-refractivity contribution >= 4 is 0 Å². The van der Waals surface area contributed by atoms with Crippen LogP contribution in [0.25, 0.3) is 0 Å². The van der Waals surface area contributed by atoms with Crippen molar-refractivity contribution in [3.8, 4) is 0 Å². The van der Waals surface area contributed by atoms with Crippen LogP contribution in [0, 0.1) is 11.8 Å². The van der Waals surface area contributed by atoms with Gasteiger partial charge in [-0.3, -0.25) is 0 Å². The zero-order chi connectivity index (χ0) is 8.59. The van der Waals surface area contributed by atoms with E-state index < -0.39 is 30.3 Å². The fourth-order valence-electron chi connectivity index (χ4n) is 1.44. The maximum atomic E-state index is 8.97. The number of aliphatic hydroxyl groups excluding tert-OH is 4. The minimum absolute atomic E-state index is 0.347. The van der Waals surface area contributed by atoms with Gasteiger partial charge in [-0.2, -0.15) is 0 Å². The summed E-state index contributed by atoms with van der Waals surface area (Å²) in [6.07, 6.45) is -3.84. The van der Waals surface area contributed by atoms with Crippen LogP contribution in [0.4, 0.5) is 0 Å². The van der Waals surface area contributed by atoms with Gasteiger partial charge in [0.15, 0.2) is 6.29 Å². The van der Waals surface area contributed by atoms with E-state index >= 15 is 0 Å². The summed E-state index contributed by atoms with van der Waals surface area (Å²) in [5, 5.41) is 43.8. The largest absolute Gasteiger partial charge is 0.396 e. The molecule has 0 heterocycles. The highest BCUT2D eigenvalue weighted by Gasteiger charge is 2.51. The predicted octanol–water partition coefficient (Wildman–Crippen LogP) is -2.74. The zero-order valence-corrected chi connectivity index (χ0v) is 5.83. The summed E-state index contributed by atoms with van der Waals surface area (Å²) in [7, 11) is 0. The Kier molecular flexibility index (Phi) is 2.46. The van der Waals surface area contributed by atoms with Crippen LogP contribution in [-0.2, 0) is 0 Å². The van der Waals surface area contributed by atoms with E-state index in [1.54, 1.807) is 0 Å². The average molecular weight is 164 g/mol. The Balaban J connectivity index is 2.53. The van der Waals surface area contributed by atoms with Gasteiger partial charge in [-0.05, 0) is 0 Å². The highest BCUT2D eigenvalue weighted by Crippen LogP contribution is 2.36. The third-order valence-electron chi connectivity index (χ3n) is 2.23. The van der Waals surface area contributed by atoms with E-state index in [4.69, 9.17) is 25.5 Å². The summed E-state index contributed by atoms with van der Waals surface area (Å²) < 4.78 is 0. The van der Waals surface area contributed by atoms with Crippen LogP contribution in [0.2, 0.25) is 0 Å². The lowest BCUT2D eigenvalue weighted by Crippen LogP contribution is -2.61. The van der Waals surface area contributed by atoms with Crippen LogP contribution in [0.5, 0.6) is 0 Å². The normalized spacial score (nSPS) is 44.2. The molecule has 5 nitrogen and oxygen atoms in total. The Bertz CT molecular complexity index is 137. The molecule has 0 bridgehead atoms. The SMILES string of the molecule is OC[C@@H]1C(C(O)O)C(O)[C@@H]1O. The third kappa shape index (κ3) is 1.25. The van der Waals surface area contributed by atoms with Gasteiger partial charge in [-0.25, -0.2) is 0 Å². The molecule has 0 saturated heterocycles. The van der Waals surface area contributed by atoms with Gasteiger partial charge in [-0.1, -0.05) is 0 Å². The topological polar surface area (TPSA) is 101 Å². The predicted molar refractivity (Wildman–Crippen MR) is 34.3 cm³/mol. The third-order valence-corrected chi connectivity index (χ3v) is 2.23. The van der Waals surface area contributed by atoms with Crippen molar-refractivity contribution in [3.63, 3.8) is 0 Å². The summed E-state index contributed by atoms with van der Waals surface area (Å²) >= 11 is 0. The monoisotopic (exact) mass is 164 g/mol. The molecule has 0 radical (unpaired) electrons. The summed E-state index contributed by atoms with van der Waals surface area (Å²) in [4.78, 5) is 0. The molecule has 5 N–H and O–H groups in total. The Hall–Kier alpha value is -0.200. The van der Waals surface area contributed by atoms with E-state index in [1.165, 1.54) is 0 Å². The van der Waals surface area contributed by atoms with Crippen LogP contribution in [-0.4, -0.2) is 50.6 Å². The lowest BCUT2D eigenvalue weighted by atomic mass is 9.68. The quantitative estimate of drug-likeness (QED) is 0.285. The van der Waals surface area contributed by atoms with Crippen LogP contribution in [0.3, 0.4) is 0 Å². The van der Waals surface area contributed by atoms with Gasteiger partial charge < -0.3 is 25.5 Å². The number of hydrogen-bond donors (Lipinski definition) is 5. The molecule has 66 valence electrons. The fourth-order valence-corrected chi connectivity index (χ4v) is 1.44. The first kappa shape index (κ1) is 8.89. The lowest BCUT2D eigenvalue weighted by Gasteiger charge is -2.46. The Labute approximate surface area is 63.5 Å². The Morgan fingerprint density at radius 3 is 1.91 bits per heavy atom. The molecular formula is C6H12O5. The van der Waals surface area contributed by atoms with Crippen molar-refractivity contribution in [1.29, 1.82) is 0 Å². The summed E-state index contributed by atoms with van der Waals surface area (Å²) in [5.74, 6) is -1.44. The van der Waals surface area contributed by atoms with E-state index in [0.717, 1.165) is 0 Å². The van der Waals surface area contributed by atoms with E-state index in [-0.39, 0.29) is 6.61 Å². The Morgan fingerprint density at radius 1 is 1.09 bits per heavy atom. The first-order valence-corrected chi connectivity index (χ1v) is 3.42. The molecule has 1 rings (SSSR count). The molecule has 0 aromatic rings. The molecule has 2 unspecified atom stereocenters. The van der Waals surface area contributed by atoms with Gasteiger partial charge in [0.1, 0.15) is 0 Å². The van der Waals surface area contributed by atoms with Gasteiger partial charge in [-0.15, -0.1) is 0 Å². The minimum atomic E-state index is -1.68. The molecule has 5 heteroatoms. The molecular weight excluding hydrogens is 152 g/mol. The molecule has 1 saturated carbocycles. The van der Waals surface area contributed by atoms with E-state index in [2.05, 4.69) is 0 Å². The molecule has 0 amide bonds. The summed E-state index contributed by atoms with van der Waals surface area (Å²) in [5.41, 5.74) is 0.